The molecule has 0 aliphatic heterocycles. The Balaban J connectivity index is 2.17. The normalized spacial score (nSPS) is 11.5. The van der Waals surface area contributed by atoms with Crippen LogP contribution in [0.3, 0.4) is 0 Å². The Bertz CT molecular complexity index is 1120. The van der Waals surface area contributed by atoms with E-state index >= 15 is 0 Å². The molecule has 0 saturated carbocycles. The summed E-state index contributed by atoms with van der Waals surface area (Å²) in [6, 6.07) is 10.1. The van der Waals surface area contributed by atoms with Crippen molar-refractivity contribution in [1.82, 2.24) is 4.57 Å². The van der Waals surface area contributed by atoms with E-state index in [0.717, 1.165) is 10.2 Å². The zero-order valence-corrected chi connectivity index (χ0v) is 17.0. The average Bonchev–Trinajstić information content (AvgIpc) is 3.03. The number of esters is 1. The van der Waals surface area contributed by atoms with Gasteiger partial charge in [0.2, 0.25) is 0 Å². The van der Waals surface area contributed by atoms with Crippen LogP contribution in [0.5, 0.6) is 11.5 Å². The Hall–Kier alpha value is -2.84. The fourth-order valence-electron chi connectivity index (χ4n) is 2.61. The van der Waals surface area contributed by atoms with Crippen molar-refractivity contribution in [3.8, 4) is 11.5 Å². The Morgan fingerprint density at radius 3 is 2.57 bits per heavy atom. The number of hydrogen-bond acceptors (Lipinski definition) is 6. The van der Waals surface area contributed by atoms with Crippen molar-refractivity contribution in [3.63, 3.8) is 0 Å². The molecule has 0 unspecified atom stereocenters. The molecule has 0 fully saturated rings. The van der Waals surface area contributed by atoms with Crippen molar-refractivity contribution in [2.24, 2.45) is 4.99 Å². The summed E-state index contributed by atoms with van der Waals surface area (Å²) in [5.41, 5.74) is 0.968. The maximum Gasteiger partial charge on any atom is 0.325 e. The molecule has 0 N–H and O–H groups in total. The van der Waals surface area contributed by atoms with Crippen LogP contribution >= 0.6 is 22.9 Å². The second-order valence-corrected chi connectivity index (χ2v) is 7.09. The molecule has 3 rings (SSSR count). The minimum absolute atomic E-state index is 0.0817. The Morgan fingerprint density at radius 1 is 1.11 bits per heavy atom. The van der Waals surface area contributed by atoms with Gasteiger partial charge in [-0.15, -0.1) is 0 Å². The smallest absolute Gasteiger partial charge is 0.325 e. The molecule has 0 radical (unpaired) electrons. The highest BCUT2D eigenvalue weighted by atomic mass is 35.5. The molecule has 2 aromatic carbocycles. The van der Waals surface area contributed by atoms with E-state index in [4.69, 9.17) is 25.8 Å². The van der Waals surface area contributed by atoms with Gasteiger partial charge in [-0.3, -0.25) is 9.59 Å². The maximum atomic E-state index is 12.8. The first kappa shape index (κ1) is 19.9. The van der Waals surface area contributed by atoms with Gasteiger partial charge in [0.05, 0.1) is 37.1 Å². The van der Waals surface area contributed by atoms with Gasteiger partial charge in [0.15, 0.2) is 4.80 Å². The zero-order valence-electron chi connectivity index (χ0n) is 15.4. The molecule has 28 heavy (non-hydrogen) atoms. The second-order valence-electron chi connectivity index (χ2n) is 5.64. The van der Waals surface area contributed by atoms with E-state index in [1.807, 2.05) is 6.07 Å². The summed E-state index contributed by atoms with van der Waals surface area (Å²) < 4.78 is 17.7. The third-order valence-electron chi connectivity index (χ3n) is 3.99. The SMILES string of the molecule is COC(=O)Cn1c(=NC(=O)c2cc(Cl)ccc2OC)sc2cc(OC)ccc21. The van der Waals surface area contributed by atoms with Gasteiger partial charge in [-0.25, -0.2) is 0 Å². The molecule has 0 spiro atoms. The summed E-state index contributed by atoms with van der Waals surface area (Å²) in [7, 11) is 4.33. The van der Waals surface area contributed by atoms with E-state index in [1.165, 1.54) is 31.6 Å². The fourth-order valence-corrected chi connectivity index (χ4v) is 3.84. The first-order valence-corrected chi connectivity index (χ1v) is 9.33. The highest BCUT2D eigenvalue weighted by Gasteiger charge is 2.16. The fraction of sp³-hybridized carbons (Fsp3) is 0.211. The minimum atomic E-state index is -0.531. The molecule has 0 saturated heterocycles. The van der Waals surface area contributed by atoms with Crippen molar-refractivity contribution >= 4 is 45.0 Å². The first-order valence-electron chi connectivity index (χ1n) is 8.13. The number of methoxy groups -OCH3 is 3. The van der Waals surface area contributed by atoms with Crippen LogP contribution in [0.25, 0.3) is 10.2 Å². The lowest BCUT2D eigenvalue weighted by Gasteiger charge is -2.06. The summed E-state index contributed by atoms with van der Waals surface area (Å²) in [4.78, 5) is 29.2. The third kappa shape index (κ3) is 4.02. The van der Waals surface area contributed by atoms with Crippen LogP contribution < -0.4 is 14.3 Å². The summed E-state index contributed by atoms with van der Waals surface area (Å²) in [6.45, 7) is -0.0817. The molecular formula is C19H17ClN2O5S. The lowest BCUT2D eigenvalue weighted by atomic mass is 10.2. The van der Waals surface area contributed by atoms with Gasteiger partial charge in [0, 0.05) is 5.02 Å². The molecule has 7 nitrogen and oxygen atoms in total. The van der Waals surface area contributed by atoms with Crippen molar-refractivity contribution in [1.29, 1.82) is 0 Å². The van der Waals surface area contributed by atoms with Gasteiger partial charge in [-0.05, 0) is 36.4 Å². The van der Waals surface area contributed by atoms with Gasteiger partial charge < -0.3 is 18.8 Å². The van der Waals surface area contributed by atoms with Gasteiger partial charge in [0.1, 0.15) is 18.0 Å². The van der Waals surface area contributed by atoms with Crippen LogP contribution in [0.1, 0.15) is 10.4 Å². The summed E-state index contributed by atoms with van der Waals surface area (Å²) >= 11 is 7.27. The van der Waals surface area contributed by atoms with Crippen LogP contribution in [-0.2, 0) is 16.1 Å². The van der Waals surface area contributed by atoms with E-state index in [2.05, 4.69) is 4.99 Å². The molecule has 0 aliphatic carbocycles. The molecule has 3 aromatic rings. The Labute approximate surface area is 169 Å². The number of thiazole rings is 1. The molecule has 0 bridgehead atoms. The highest BCUT2D eigenvalue weighted by Crippen LogP contribution is 2.25. The summed E-state index contributed by atoms with van der Waals surface area (Å²) in [5.74, 6) is 0.0371. The standard InChI is InChI=1S/C19H17ClN2O5S/c1-25-12-5-6-14-16(9-12)28-19(22(14)10-17(23)27-3)21-18(24)13-8-11(20)4-7-15(13)26-2/h4-9H,10H2,1-3H3. The molecular weight excluding hydrogens is 404 g/mol. The topological polar surface area (TPSA) is 79.1 Å². The van der Waals surface area contributed by atoms with Gasteiger partial charge in [-0.1, -0.05) is 22.9 Å². The van der Waals surface area contributed by atoms with Gasteiger partial charge in [-0.2, -0.15) is 4.99 Å². The van der Waals surface area contributed by atoms with Crippen molar-refractivity contribution in [2.45, 2.75) is 6.54 Å². The number of hydrogen-bond donors (Lipinski definition) is 0. The van der Waals surface area contributed by atoms with Gasteiger partial charge >= 0.3 is 5.97 Å². The van der Waals surface area contributed by atoms with Crippen molar-refractivity contribution in [2.75, 3.05) is 21.3 Å². The van der Waals surface area contributed by atoms with E-state index < -0.39 is 11.9 Å². The van der Waals surface area contributed by atoms with Crippen LogP contribution in [0, 0.1) is 0 Å². The maximum absolute atomic E-state index is 12.8. The van der Waals surface area contributed by atoms with Crippen LogP contribution in [0.2, 0.25) is 5.02 Å². The Morgan fingerprint density at radius 2 is 1.89 bits per heavy atom. The number of ether oxygens (including phenoxy) is 3. The lowest BCUT2D eigenvalue weighted by molar-refractivity contribution is -0.141. The largest absolute Gasteiger partial charge is 0.497 e. The zero-order chi connectivity index (χ0) is 20.3. The van der Waals surface area contributed by atoms with E-state index in [9.17, 15) is 9.59 Å². The first-order chi connectivity index (χ1) is 13.5. The number of carbonyl (C=O) groups is 2. The van der Waals surface area contributed by atoms with E-state index in [-0.39, 0.29) is 12.1 Å². The predicted molar refractivity (Wildman–Crippen MR) is 106 cm³/mol. The number of benzene rings is 2. The number of fused-ring (bicyclic) bond motifs is 1. The monoisotopic (exact) mass is 420 g/mol. The lowest BCUT2D eigenvalue weighted by Crippen LogP contribution is -2.22. The highest BCUT2D eigenvalue weighted by molar-refractivity contribution is 7.16. The quantitative estimate of drug-likeness (QED) is 0.592. The summed E-state index contributed by atoms with van der Waals surface area (Å²) in [5, 5.41) is 0.392. The summed E-state index contributed by atoms with van der Waals surface area (Å²) in [6.07, 6.45) is 0. The van der Waals surface area contributed by atoms with E-state index in [0.29, 0.717) is 21.3 Å². The third-order valence-corrected chi connectivity index (χ3v) is 5.27. The number of nitrogens with zero attached hydrogens (tertiary/aromatic N) is 2. The van der Waals surface area contributed by atoms with Crippen LogP contribution in [-0.4, -0.2) is 37.8 Å². The van der Waals surface area contributed by atoms with Crippen molar-refractivity contribution in [3.05, 3.63) is 51.8 Å². The number of rotatable bonds is 5. The molecule has 0 aliphatic rings. The minimum Gasteiger partial charge on any atom is -0.497 e. The second kappa shape index (κ2) is 8.45. The van der Waals surface area contributed by atoms with Gasteiger partial charge in [0.25, 0.3) is 5.91 Å². The van der Waals surface area contributed by atoms with Crippen molar-refractivity contribution < 1.29 is 23.8 Å². The number of carbonyl (C=O) groups excluding carboxylic acids is 2. The average molecular weight is 421 g/mol. The molecule has 1 amide bonds. The molecule has 1 aromatic heterocycles. The molecule has 146 valence electrons. The van der Waals surface area contributed by atoms with E-state index in [1.54, 1.807) is 35.9 Å². The number of aromatic nitrogens is 1. The number of amides is 1. The number of halogens is 1. The van der Waals surface area contributed by atoms with Crippen LogP contribution in [0.4, 0.5) is 0 Å². The molecule has 1 heterocycles. The molecule has 9 heteroatoms. The predicted octanol–water partition coefficient (Wildman–Crippen LogP) is 3.29. The van der Waals surface area contributed by atoms with Crippen LogP contribution in [0.15, 0.2) is 41.4 Å². The Kier molecular flexibility index (Phi) is 6.01. The molecule has 0 atom stereocenters.